The van der Waals surface area contributed by atoms with Crippen molar-refractivity contribution in [1.29, 1.82) is 0 Å². The minimum absolute atomic E-state index is 0.164. The van der Waals surface area contributed by atoms with E-state index in [-0.39, 0.29) is 11.6 Å². The van der Waals surface area contributed by atoms with Crippen molar-refractivity contribution in [3.8, 4) is 28.1 Å². The lowest BCUT2D eigenvalue weighted by molar-refractivity contribution is -0.161. The molecule has 4 aromatic heterocycles. The van der Waals surface area contributed by atoms with Gasteiger partial charge in [-0.2, -0.15) is 4.68 Å². The number of ether oxygens (including phenoxy) is 2. The van der Waals surface area contributed by atoms with Crippen LogP contribution in [0.3, 0.4) is 0 Å². The van der Waals surface area contributed by atoms with E-state index in [4.69, 9.17) is 21.1 Å². The maximum absolute atomic E-state index is 13.5. The third-order valence-corrected chi connectivity index (χ3v) is 8.16. The number of carbonyl (C=O) groups is 2. The molecule has 14 heteroatoms. The molecule has 220 valence electrons. The fraction of sp³-hybridized carbons (Fsp3) is 0.276. The zero-order chi connectivity index (χ0) is 30.3. The molecule has 0 fully saturated rings. The van der Waals surface area contributed by atoms with Crippen LogP contribution < -0.4 is 5.56 Å². The summed E-state index contributed by atoms with van der Waals surface area (Å²) in [7, 11) is 0. The highest BCUT2D eigenvalue weighted by atomic mass is 35.5. The van der Waals surface area contributed by atoms with E-state index < -0.39 is 24.1 Å². The van der Waals surface area contributed by atoms with Crippen molar-refractivity contribution in [3.05, 3.63) is 86.1 Å². The SMILES string of the molecule is CC(C)(C)C(=O)OCOC(=O)c1cc(-c2cnc([C@@H]3CCc4cc(-c5cc(Cl)ccc5-n5cnnn5)cc(=O)n43)[nH]2)cs1. The van der Waals surface area contributed by atoms with Crippen LogP contribution in [-0.4, -0.2) is 53.5 Å². The molecule has 6 rings (SSSR count). The average Bonchev–Trinajstić information content (AvgIpc) is 3.78. The molecule has 43 heavy (non-hydrogen) atoms. The molecule has 1 N–H and O–H groups in total. The Bertz CT molecular complexity index is 1890. The van der Waals surface area contributed by atoms with Gasteiger partial charge in [0.05, 0.1) is 29.0 Å². The highest BCUT2D eigenvalue weighted by Crippen LogP contribution is 2.35. The number of thiophene rings is 1. The molecule has 0 bridgehead atoms. The molecule has 0 unspecified atom stereocenters. The van der Waals surface area contributed by atoms with Crippen molar-refractivity contribution in [2.75, 3.05) is 6.79 Å². The van der Waals surface area contributed by atoms with Gasteiger partial charge in [-0.3, -0.25) is 9.59 Å². The van der Waals surface area contributed by atoms with Gasteiger partial charge in [0.2, 0.25) is 6.79 Å². The number of benzene rings is 1. The lowest BCUT2D eigenvalue weighted by Gasteiger charge is -2.16. The standard InChI is InChI=1S/C29H26ClN7O5S/c1-29(2,3)28(40)42-15-41-27(39)24-9-17(13-43-24)21-12-31-26(33-21)23-7-5-19-8-16(10-25(38)37(19)23)20-11-18(30)4-6-22(20)36-14-32-34-35-36/h4,6,8-14,23H,5,7,15H2,1-3H3,(H,31,33)/t23-/m0/s1. The van der Waals surface area contributed by atoms with E-state index in [1.165, 1.54) is 22.3 Å². The number of esters is 2. The van der Waals surface area contributed by atoms with Crippen molar-refractivity contribution in [1.82, 2.24) is 34.7 Å². The van der Waals surface area contributed by atoms with Crippen LogP contribution in [0.25, 0.3) is 28.1 Å². The molecule has 0 aliphatic carbocycles. The minimum atomic E-state index is -0.690. The maximum atomic E-state index is 13.5. The number of rotatable bonds is 7. The Hall–Kier alpha value is -4.62. The first-order chi connectivity index (χ1) is 20.6. The molecule has 5 heterocycles. The normalized spacial score (nSPS) is 14.5. The number of aromatic nitrogens is 7. The second kappa shape index (κ2) is 11.2. The summed E-state index contributed by atoms with van der Waals surface area (Å²) >= 11 is 7.52. The topological polar surface area (TPSA) is 147 Å². The summed E-state index contributed by atoms with van der Waals surface area (Å²) in [6.45, 7) is 4.70. The number of pyridine rings is 1. The van der Waals surface area contributed by atoms with Crippen LogP contribution >= 0.6 is 22.9 Å². The van der Waals surface area contributed by atoms with Gasteiger partial charge in [-0.25, -0.2) is 9.78 Å². The van der Waals surface area contributed by atoms with Gasteiger partial charge in [-0.1, -0.05) is 11.6 Å². The number of fused-ring (bicyclic) bond motifs is 1. The lowest BCUT2D eigenvalue weighted by Crippen LogP contribution is -2.24. The first-order valence-electron chi connectivity index (χ1n) is 13.4. The Morgan fingerprint density at radius 1 is 1.14 bits per heavy atom. The summed E-state index contributed by atoms with van der Waals surface area (Å²) in [6, 6.07) is 10.3. The van der Waals surface area contributed by atoms with Crippen LogP contribution in [0.5, 0.6) is 0 Å². The van der Waals surface area contributed by atoms with Crippen LogP contribution in [0.15, 0.2) is 59.1 Å². The molecule has 1 aliphatic rings. The number of carbonyl (C=O) groups excluding carboxylic acids is 2. The Labute approximate surface area is 254 Å². The molecule has 0 saturated carbocycles. The first-order valence-corrected chi connectivity index (χ1v) is 14.6. The number of hydrogen-bond donors (Lipinski definition) is 1. The number of aromatic amines is 1. The van der Waals surface area contributed by atoms with E-state index in [1.807, 2.05) is 17.5 Å². The quantitative estimate of drug-likeness (QED) is 0.200. The number of nitrogens with one attached hydrogen (secondary N) is 1. The highest BCUT2D eigenvalue weighted by molar-refractivity contribution is 7.12. The van der Waals surface area contributed by atoms with E-state index >= 15 is 0 Å². The summed E-state index contributed by atoms with van der Waals surface area (Å²) < 4.78 is 13.4. The Morgan fingerprint density at radius 3 is 2.74 bits per heavy atom. The molecule has 1 atom stereocenters. The number of imidazole rings is 1. The largest absolute Gasteiger partial charge is 0.427 e. The van der Waals surface area contributed by atoms with Crippen LogP contribution in [0, 0.1) is 5.41 Å². The third kappa shape index (κ3) is 5.73. The Balaban J connectivity index is 1.20. The number of H-pyrrole nitrogens is 1. The molecule has 0 spiro atoms. The first kappa shape index (κ1) is 28.5. The molecule has 0 radical (unpaired) electrons. The molecular formula is C29H26ClN7O5S. The van der Waals surface area contributed by atoms with E-state index in [9.17, 15) is 14.4 Å². The van der Waals surface area contributed by atoms with E-state index in [0.717, 1.165) is 22.4 Å². The van der Waals surface area contributed by atoms with Crippen molar-refractivity contribution in [2.24, 2.45) is 5.41 Å². The van der Waals surface area contributed by atoms with Crippen molar-refractivity contribution in [3.63, 3.8) is 0 Å². The summed E-state index contributed by atoms with van der Waals surface area (Å²) in [5, 5.41) is 13.8. The zero-order valence-corrected chi connectivity index (χ0v) is 25.0. The predicted molar refractivity (Wildman–Crippen MR) is 158 cm³/mol. The van der Waals surface area contributed by atoms with Gasteiger partial charge in [-0.05, 0) is 79.9 Å². The summed E-state index contributed by atoms with van der Waals surface area (Å²) in [5.41, 5.74) is 3.63. The second-order valence-electron chi connectivity index (χ2n) is 11.0. The number of tetrazole rings is 1. The number of aryl methyl sites for hydroxylation is 1. The molecule has 5 aromatic rings. The van der Waals surface area contributed by atoms with Crippen molar-refractivity contribution >= 4 is 34.9 Å². The van der Waals surface area contributed by atoms with E-state index in [0.29, 0.717) is 39.9 Å². The summed E-state index contributed by atoms with van der Waals surface area (Å²) in [6.07, 6.45) is 4.54. The number of halogens is 1. The lowest BCUT2D eigenvalue weighted by atomic mass is 9.98. The fourth-order valence-corrected chi connectivity index (χ4v) is 5.85. The smallest absolute Gasteiger partial charge is 0.351 e. The summed E-state index contributed by atoms with van der Waals surface area (Å²) in [5.74, 6) is -0.405. The molecule has 1 aromatic carbocycles. The fourth-order valence-electron chi connectivity index (χ4n) is 4.88. The van der Waals surface area contributed by atoms with Crippen LogP contribution in [0.2, 0.25) is 5.02 Å². The van der Waals surface area contributed by atoms with Gasteiger partial charge in [0.15, 0.2) is 0 Å². The average molecular weight is 620 g/mol. The molecular weight excluding hydrogens is 594 g/mol. The maximum Gasteiger partial charge on any atom is 0.351 e. The zero-order valence-electron chi connectivity index (χ0n) is 23.4. The van der Waals surface area contributed by atoms with Gasteiger partial charge in [0.1, 0.15) is 17.0 Å². The van der Waals surface area contributed by atoms with Gasteiger partial charge in [0.25, 0.3) is 5.56 Å². The molecule has 12 nitrogen and oxygen atoms in total. The molecule has 0 saturated heterocycles. The van der Waals surface area contributed by atoms with E-state index in [1.54, 1.807) is 55.8 Å². The second-order valence-corrected chi connectivity index (χ2v) is 12.4. The van der Waals surface area contributed by atoms with Gasteiger partial charge in [-0.15, -0.1) is 16.4 Å². The predicted octanol–water partition coefficient (Wildman–Crippen LogP) is 4.84. The number of hydrogen-bond acceptors (Lipinski definition) is 10. The minimum Gasteiger partial charge on any atom is -0.427 e. The van der Waals surface area contributed by atoms with E-state index in [2.05, 4.69) is 25.5 Å². The monoisotopic (exact) mass is 619 g/mol. The third-order valence-electron chi connectivity index (χ3n) is 7.01. The number of nitrogens with zero attached hydrogens (tertiary/aromatic N) is 6. The Morgan fingerprint density at radius 2 is 1.98 bits per heavy atom. The van der Waals surface area contributed by atoms with Crippen LogP contribution in [0.1, 0.15) is 54.4 Å². The summed E-state index contributed by atoms with van der Waals surface area (Å²) in [4.78, 5) is 46.1. The highest BCUT2D eigenvalue weighted by Gasteiger charge is 2.28. The molecule has 0 amide bonds. The molecule has 1 aliphatic heterocycles. The van der Waals surface area contributed by atoms with Crippen LogP contribution in [0.4, 0.5) is 0 Å². The van der Waals surface area contributed by atoms with Gasteiger partial charge < -0.3 is 19.0 Å². The van der Waals surface area contributed by atoms with Crippen molar-refractivity contribution in [2.45, 2.75) is 39.7 Å². The van der Waals surface area contributed by atoms with Crippen molar-refractivity contribution < 1.29 is 19.1 Å². The van der Waals surface area contributed by atoms with Gasteiger partial charge in [0, 0.05) is 33.3 Å². The van der Waals surface area contributed by atoms with Crippen LogP contribution in [-0.2, 0) is 20.7 Å². The Kier molecular flexibility index (Phi) is 7.44. The van der Waals surface area contributed by atoms with Gasteiger partial charge >= 0.3 is 11.9 Å².